The number of benzene rings is 1. The van der Waals surface area contributed by atoms with E-state index in [-0.39, 0.29) is 5.91 Å². The molecule has 0 saturated carbocycles. The van der Waals surface area contributed by atoms with Crippen molar-refractivity contribution in [1.82, 2.24) is 15.4 Å². The number of rotatable bonds is 4. The van der Waals surface area contributed by atoms with Crippen molar-refractivity contribution >= 4 is 44.2 Å². The Bertz CT molecular complexity index is 864. The fraction of sp³-hybridized carbons (Fsp3) is 0.133. The van der Waals surface area contributed by atoms with Crippen LogP contribution in [0.15, 0.2) is 36.4 Å². The van der Waals surface area contributed by atoms with Gasteiger partial charge in [0, 0.05) is 18.3 Å². The van der Waals surface area contributed by atoms with Gasteiger partial charge in [-0.15, -0.1) is 0 Å². The third-order valence-electron chi connectivity index (χ3n) is 3.29. The van der Waals surface area contributed by atoms with Crippen molar-refractivity contribution in [2.75, 3.05) is 24.8 Å². The number of hydroxylamine groups is 1. The molecule has 3 rings (SSSR count). The maximum atomic E-state index is 11.8. The van der Waals surface area contributed by atoms with Crippen LogP contribution in [0.3, 0.4) is 0 Å². The van der Waals surface area contributed by atoms with E-state index >= 15 is 0 Å². The largest absolute Gasteiger partial charge is 0.375 e. The Balaban J connectivity index is 1.93. The standard InChI is InChI=1S/C15H15N5O2S/c1-20(10-5-3-4-9(8-10)13(21)19-22-2)12-7-6-11-14(18-12)23-15(16)17-11/h3-8H,1-2H3,(H2,16,17)(H,19,21). The van der Waals surface area contributed by atoms with E-state index in [0.717, 1.165) is 21.9 Å². The minimum absolute atomic E-state index is 0.304. The van der Waals surface area contributed by atoms with Gasteiger partial charge in [0.1, 0.15) is 16.2 Å². The summed E-state index contributed by atoms with van der Waals surface area (Å²) in [4.78, 5) is 27.9. The van der Waals surface area contributed by atoms with Gasteiger partial charge in [-0.25, -0.2) is 15.4 Å². The van der Waals surface area contributed by atoms with Crippen LogP contribution in [-0.2, 0) is 4.84 Å². The lowest BCUT2D eigenvalue weighted by atomic mass is 10.2. The fourth-order valence-corrected chi connectivity index (χ4v) is 2.85. The van der Waals surface area contributed by atoms with Crippen molar-refractivity contribution in [3.63, 3.8) is 0 Å². The fourth-order valence-electron chi connectivity index (χ4n) is 2.15. The van der Waals surface area contributed by atoms with Gasteiger partial charge in [0.05, 0.1) is 7.11 Å². The van der Waals surface area contributed by atoms with E-state index in [9.17, 15) is 4.79 Å². The van der Waals surface area contributed by atoms with Crippen LogP contribution < -0.4 is 16.1 Å². The second-order valence-corrected chi connectivity index (χ2v) is 5.80. The molecule has 0 aliphatic rings. The Morgan fingerprint density at radius 3 is 2.91 bits per heavy atom. The maximum absolute atomic E-state index is 11.8. The number of anilines is 3. The Morgan fingerprint density at radius 2 is 2.13 bits per heavy atom. The molecule has 0 bridgehead atoms. The zero-order valence-corrected chi connectivity index (χ0v) is 13.4. The Labute approximate surface area is 136 Å². The molecule has 0 radical (unpaired) electrons. The van der Waals surface area contributed by atoms with E-state index in [1.807, 2.05) is 30.1 Å². The summed E-state index contributed by atoms with van der Waals surface area (Å²) in [5, 5.41) is 0.491. The zero-order chi connectivity index (χ0) is 16.4. The van der Waals surface area contributed by atoms with Gasteiger partial charge in [-0.2, -0.15) is 0 Å². The number of carbonyl (C=O) groups excluding carboxylic acids is 1. The minimum atomic E-state index is -0.304. The number of fused-ring (bicyclic) bond motifs is 1. The summed E-state index contributed by atoms with van der Waals surface area (Å²) in [5.41, 5.74) is 10.1. The number of nitrogen functional groups attached to an aromatic ring is 1. The summed E-state index contributed by atoms with van der Waals surface area (Å²) in [6, 6.07) is 10.9. The highest BCUT2D eigenvalue weighted by atomic mass is 32.1. The van der Waals surface area contributed by atoms with Gasteiger partial charge in [-0.3, -0.25) is 9.63 Å². The second-order valence-electron chi connectivity index (χ2n) is 4.79. The highest BCUT2D eigenvalue weighted by molar-refractivity contribution is 7.21. The molecule has 3 N–H and O–H groups in total. The van der Waals surface area contributed by atoms with Gasteiger partial charge in [0.2, 0.25) is 0 Å². The van der Waals surface area contributed by atoms with E-state index in [0.29, 0.717) is 10.7 Å². The van der Waals surface area contributed by atoms with Crippen LogP contribution in [0, 0.1) is 0 Å². The summed E-state index contributed by atoms with van der Waals surface area (Å²) in [6.07, 6.45) is 0. The molecule has 118 valence electrons. The third kappa shape index (κ3) is 3.08. The highest BCUT2D eigenvalue weighted by Crippen LogP contribution is 2.28. The molecule has 0 fully saturated rings. The lowest BCUT2D eigenvalue weighted by Crippen LogP contribution is -2.22. The molecule has 0 aliphatic heterocycles. The lowest BCUT2D eigenvalue weighted by molar-refractivity contribution is 0.0537. The first-order chi connectivity index (χ1) is 11.1. The quantitative estimate of drug-likeness (QED) is 0.714. The van der Waals surface area contributed by atoms with Crippen molar-refractivity contribution < 1.29 is 9.63 Å². The van der Waals surface area contributed by atoms with Gasteiger partial charge in [-0.05, 0) is 30.3 Å². The molecular weight excluding hydrogens is 314 g/mol. The highest BCUT2D eigenvalue weighted by Gasteiger charge is 2.11. The molecule has 8 heteroatoms. The molecule has 2 aromatic heterocycles. The molecule has 2 heterocycles. The average Bonchev–Trinajstić information content (AvgIpc) is 2.93. The predicted octanol–water partition coefficient (Wildman–Crippen LogP) is 2.33. The topological polar surface area (TPSA) is 93.4 Å². The molecule has 3 aromatic rings. The molecule has 1 amide bonds. The van der Waals surface area contributed by atoms with Crippen LogP contribution in [0.4, 0.5) is 16.6 Å². The zero-order valence-electron chi connectivity index (χ0n) is 12.6. The summed E-state index contributed by atoms with van der Waals surface area (Å²) in [5.74, 6) is 0.437. The molecule has 0 atom stereocenters. The first-order valence-electron chi connectivity index (χ1n) is 6.78. The second kappa shape index (κ2) is 6.19. The SMILES string of the molecule is CONC(=O)c1cccc(N(C)c2ccc3nc(N)sc3n2)c1. The monoisotopic (exact) mass is 329 g/mol. The number of thiazole rings is 1. The molecule has 0 unspecified atom stereocenters. The number of carbonyl (C=O) groups is 1. The molecule has 23 heavy (non-hydrogen) atoms. The smallest absolute Gasteiger partial charge is 0.274 e. The number of nitrogens with one attached hydrogen (secondary N) is 1. The van der Waals surface area contributed by atoms with Crippen molar-refractivity contribution in [2.45, 2.75) is 0 Å². The lowest BCUT2D eigenvalue weighted by Gasteiger charge is -2.18. The molecule has 0 aliphatic carbocycles. The van der Waals surface area contributed by atoms with E-state index in [1.54, 1.807) is 18.2 Å². The van der Waals surface area contributed by atoms with Crippen molar-refractivity contribution in [1.29, 1.82) is 0 Å². The van der Waals surface area contributed by atoms with Crippen molar-refractivity contribution in [3.05, 3.63) is 42.0 Å². The van der Waals surface area contributed by atoms with E-state index in [1.165, 1.54) is 18.4 Å². The van der Waals surface area contributed by atoms with E-state index in [4.69, 9.17) is 5.73 Å². The first-order valence-corrected chi connectivity index (χ1v) is 7.60. The minimum Gasteiger partial charge on any atom is -0.375 e. The van der Waals surface area contributed by atoms with E-state index in [2.05, 4.69) is 20.3 Å². The van der Waals surface area contributed by atoms with Crippen LogP contribution in [0.25, 0.3) is 10.3 Å². The molecule has 1 aromatic carbocycles. The van der Waals surface area contributed by atoms with Gasteiger partial charge in [0.15, 0.2) is 5.13 Å². The number of amides is 1. The van der Waals surface area contributed by atoms with Crippen molar-refractivity contribution in [2.24, 2.45) is 0 Å². The molecule has 0 saturated heterocycles. The maximum Gasteiger partial charge on any atom is 0.274 e. The normalized spacial score (nSPS) is 10.7. The van der Waals surface area contributed by atoms with Crippen LogP contribution in [0.1, 0.15) is 10.4 Å². The Morgan fingerprint density at radius 1 is 1.30 bits per heavy atom. The van der Waals surface area contributed by atoms with Crippen LogP contribution in [0.2, 0.25) is 0 Å². The third-order valence-corrected chi connectivity index (χ3v) is 4.09. The number of pyridine rings is 1. The number of hydrogen-bond acceptors (Lipinski definition) is 7. The van der Waals surface area contributed by atoms with E-state index < -0.39 is 0 Å². The summed E-state index contributed by atoms with van der Waals surface area (Å²) in [7, 11) is 3.28. The molecule has 7 nitrogen and oxygen atoms in total. The number of nitrogens with zero attached hydrogens (tertiary/aromatic N) is 3. The van der Waals surface area contributed by atoms with Gasteiger partial charge in [-0.1, -0.05) is 17.4 Å². The molecule has 0 spiro atoms. The first kappa shape index (κ1) is 15.2. The van der Waals surface area contributed by atoms with Gasteiger partial charge in [0.25, 0.3) is 5.91 Å². The Hall–Kier alpha value is -2.71. The summed E-state index contributed by atoms with van der Waals surface area (Å²) >= 11 is 1.34. The van der Waals surface area contributed by atoms with Crippen LogP contribution in [-0.4, -0.2) is 30.0 Å². The number of hydrogen-bond donors (Lipinski definition) is 2. The molecular formula is C15H15N5O2S. The summed E-state index contributed by atoms with van der Waals surface area (Å²) in [6.45, 7) is 0. The number of aromatic nitrogens is 2. The van der Waals surface area contributed by atoms with Crippen LogP contribution >= 0.6 is 11.3 Å². The average molecular weight is 329 g/mol. The Kier molecular flexibility index (Phi) is 4.09. The van der Waals surface area contributed by atoms with Crippen molar-refractivity contribution in [3.8, 4) is 0 Å². The summed E-state index contributed by atoms with van der Waals surface area (Å²) < 4.78 is 0. The predicted molar refractivity (Wildman–Crippen MR) is 90.8 cm³/mol. The van der Waals surface area contributed by atoms with Gasteiger partial charge < -0.3 is 10.6 Å². The van der Waals surface area contributed by atoms with Gasteiger partial charge >= 0.3 is 0 Å². The number of nitrogens with two attached hydrogens (primary N) is 1. The van der Waals surface area contributed by atoms with Crippen LogP contribution in [0.5, 0.6) is 0 Å².